The monoisotopic (exact) mass is 422 g/mol. The molecule has 29 heavy (non-hydrogen) atoms. The van der Waals surface area contributed by atoms with Crippen LogP contribution >= 0.6 is 11.3 Å². The molecule has 0 unspecified atom stereocenters. The Bertz CT molecular complexity index is 1050. The molecule has 0 bridgehead atoms. The number of phenols is 1. The Morgan fingerprint density at radius 2 is 2.14 bits per heavy atom. The van der Waals surface area contributed by atoms with Crippen molar-refractivity contribution in [1.82, 2.24) is 9.78 Å². The van der Waals surface area contributed by atoms with Crippen molar-refractivity contribution in [3.8, 4) is 5.75 Å². The molecule has 1 amide bonds. The predicted octanol–water partition coefficient (Wildman–Crippen LogP) is 4.87. The van der Waals surface area contributed by atoms with Crippen molar-refractivity contribution in [2.24, 2.45) is 0 Å². The largest absolute Gasteiger partial charge is 0.506 e. The van der Waals surface area contributed by atoms with Crippen LogP contribution in [0.4, 0.5) is 24.7 Å². The van der Waals surface area contributed by atoms with E-state index in [4.69, 9.17) is 0 Å². The molecule has 0 saturated carbocycles. The van der Waals surface area contributed by atoms with Crippen LogP contribution in [0.1, 0.15) is 39.4 Å². The number of carbonyl (C=O) groups excluding carboxylic acids is 1. The zero-order chi connectivity index (χ0) is 20.8. The fourth-order valence-electron chi connectivity index (χ4n) is 3.30. The molecular formula is C19H17F3N4O2S. The second-order valence-electron chi connectivity index (χ2n) is 6.84. The molecule has 2 aromatic heterocycles. The standard InChI is InChI=1S/C19H17F3N4O2S/c1-10-4-5-14(27)11(7-10)24-18(28)13-9-17-23-12(15-3-2-6-29-15)8-16(19(20,21)22)26(17)25-13/h2-7,9,12,16,23,27H,8H2,1H3,(H,24,28)/t12-,16-/m0/s1. The summed E-state index contributed by atoms with van der Waals surface area (Å²) in [4.78, 5) is 13.3. The van der Waals surface area contributed by atoms with Crippen molar-refractivity contribution in [3.63, 3.8) is 0 Å². The topological polar surface area (TPSA) is 79.2 Å². The van der Waals surface area contributed by atoms with Crippen LogP contribution in [0.3, 0.4) is 0 Å². The minimum Gasteiger partial charge on any atom is -0.506 e. The Kier molecular flexibility index (Phi) is 4.73. The maximum atomic E-state index is 13.7. The van der Waals surface area contributed by atoms with Crippen molar-refractivity contribution >= 4 is 28.7 Å². The van der Waals surface area contributed by atoms with Gasteiger partial charge in [-0.2, -0.15) is 18.3 Å². The number of phenolic OH excluding ortho intramolecular Hbond substituents is 1. The van der Waals surface area contributed by atoms with E-state index in [9.17, 15) is 23.1 Å². The number of thiophene rings is 1. The van der Waals surface area contributed by atoms with E-state index in [1.807, 2.05) is 0 Å². The molecule has 2 atom stereocenters. The third-order valence-electron chi connectivity index (χ3n) is 4.71. The second-order valence-corrected chi connectivity index (χ2v) is 7.82. The van der Waals surface area contributed by atoms with Gasteiger partial charge in [-0.25, -0.2) is 4.68 Å². The number of benzene rings is 1. The zero-order valence-corrected chi connectivity index (χ0v) is 16.0. The number of aromatic hydroxyl groups is 1. The van der Waals surface area contributed by atoms with Gasteiger partial charge < -0.3 is 15.7 Å². The number of nitrogens with zero attached hydrogens (tertiary/aromatic N) is 2. The first-order valence-electron chi connectivity index (χ1n) is 8.79. The first kappa shape index (κ1) is 19.3. The van der Waals surface area contributed by atoms with Crippen LogP contribution in [0.25, 0.3) is 0 Å². The summed E-state index contributed by atoms with van der Waals surface area (Å²) in [7, 11) is 0. The summed E-state index contributed by atoms with van der Waals surface area (Å²) in [6.07, 6.45) is -4.74. The summed E-state index contributed by atoms with van der Waals surface area (Å²) in [6, 6.07) is 7.13. The zero-order valence-electron chi connectivity index (χ0n) is 15.2. The number of anilines is 2. The lowest BCUT2D eigenvalue weighted by Gasteiger charge is -2.32. The molecule has 1 aromatic carbocycles. The number of aromatic nitrogens is 2. The van der Waals surface area contributed by atoms with Crippen LogP contribution in [0, 0.1) is 6.92 Å². The number of carbonyl (C=O) groups is 1. The summed E-state index contributed by atoms with van der Waals surface area (Å²) in [5, 5.41) is 21.1. The summed E-state index contributed by atoms with van der Waals surface area (Å²) < 4.78 is 41.8. The Morgan fingerprint density at radius 1 is 1.34 bits per heavy atom. The molecule has 10 heteroatoms. The predicted molar refractivity (Wildman–Crippen MR) is 103 cm³/mol. The molecule has 1 aliphatic rings. The number of alkyl halides is 3. The van der Waals surface area contributed by atoms with Crippen LogP contribution in [-0.4, -0.2) is 27.0 Å². The molecule has 3 heterocycles. The fraction of sp³-hybridized carbons (Fsp3) is 0.263. The fourth-order valence-corrected chi connectivity index (χ4v) is 4.09. The number of hydrogen-bond donors (Lipinski definition) is 3. The molecule has 0 aliphatic carbocycles. The Balaban J connectivity index is 1.65. The molecule has 0 saturated heterocycles. The highest BCUT2D eigenvalue weighted by Crippen LogP contribution is 2.44. The van der Waals surface area contributed by atoms with Crippen LogP contribution in [-0.2, 0) is 0 Å². The van der Waals surface area contributed by atoms with Gasteiger partial charge in [0.25, 0.3) is 5.91 Å². The van der Waals surface area contributed by atoms with E-state index in [-0.39, 0.29) is 29.4 Å². The smallest absolute Gasteiger partial charge is 0.410 e. The van der Waals surface area contributed by atoms with Gasteiger partial charge in [-0.15, -0.1) is 11.3 Å². The molecule has 3 N–H and O–H groups in total. The van der Waals surface area contributed by atoms with E-state index in [2.05, 4.69) is 15.7 Å². The number of halogens is 3. The van der Waals surface area contributed by atoms with Crippen molar-refractivity contribution in [1.29, 1.82) is 0 Å². The molecule has 0 radical (unpaired) electrons. The lowest BCUT2D eigenvalue weighted by atomic mass is 10.0. The normalized spacial score (nSPS) is 18.8. The van der Waals surface area contributed by atoms with Gasteiger partial charge in [-0.3, -0.25) is 4.79 Å². The lowest BCUT2D eigenvalue weighted by molar-refractivity contribution is -0.173. The maximum absolute atomic E-state index is 13.7. The summed E-state index contributed by atoms with van der Waals surface area (Å²) in [5.74, 6) is -0.726. The van der Waals surface area contributed by atoms with Crippen LogP contribution < -0.4 is 10.6 Å². The number of amides is 1. The number of fused-ring (bicyclic) bond motifs is 1. The highest BCUT2D eigenvalue weighted by atomic mass is 32.1. The Hall–Kier alpha value is -3.01. The minimum atomic E-state index is -4.51. The minimum absolute atomic E-state index is 0.121. The average molecular weight is 422 g/mol. The summed E-state index contributed by atoms with van der Waals surface area (Å²) in [6.45, 7) is 1.78. The third kappa shape index (κ3) is 3.80. The number of nitrogens with one attached hydrogen (secondary N) is 2. The van der Waals surface area contributed by atoms with Crippen molar-refractivity contribution in [2.75, 3.05) is 10.6 Å². The highest BCUT2D eigenvalue weighted by molar-refractivity contribution is 7.10. The van der Waals surface area contributed by atoms with Gasteiger partial charge in [0.05, 0.1) is 11.7 Å². The molecule has 0 fully saturated rings. The van der Waals surface area contributed by atoms with Gasteiger partial charge in [0.15, 0.2) is 11.7 Å². The molecule has 6 nitrogen and oxygen atoms in total. The van der Waals surface area contributed by atoms with Crippen molar-refractivity contribution < 1.29 is 23.1 Å². The quantitative estimate of drug-likeness (QED) is 0.526. The van der Waals surface area contributed by atoms with Gasteiger partial charge in [-0.1, -0.05) is 12.1 Å². The van der Waals surface area contributed by atoms with Crippen LogP contribution in [0.2, 0.25) is 0 Å². The number of aryl methyl sites for hydroxylation is 1. The highest BCUT2D eigenvalue weighted by Gasteiger charge is 2.47. The first-order chi connectivity index (χ1) is 13.7. The van der Waals surface area contributed by atoms with Gasteiger partial charge in [0, 0.05) is 17.4 Å². The maximum Gasteiger partial charge on any atom is 0.410 e. The summed E-state index contributed by atoms with van der Waals surface area (Å²) in [5.41, 5.74) is 0.798. The van der Waals surface area contributed by atoms with Crippen molar-refractivity contribution in [2.45, 2.75) is 31.6 Å². The van der Waals surface area contributed by atoms with E-state index in [1.165, 1.54) is 23.5 Å². The lowest BCUT2D eigenvalue weighted by Crippen LogP contribution is -2.35. The van der Waals surface area contributed by atoms with E-state index in [1.54, 1.807) is 36.6 Å². The third-order valence-corrected chi connectivity index (χ3v) is 5.70. The van der Waals surface area contributed by atoms with Gasteiger partial charge in [0.2, 0.25) is 0 Å². The SMILES string of the molecule is Cc1ccc(O)c(NC(=O)c2cc3n(n2)[C@H](C(F)(F)F)C[C@@H](c2cccs2)N3)c1. The van der Waals surface area contributed by atoms with Gasteiger partial charge in [0.1, 0.15) is 11.6 Å². The Labute approximate surface area is 168 Å². The van der Waals surface area contributed by atoms with E-state index in [0.29, 0.717) is 0 Å². The molecular weight excluding hydrogens is 405 g/mol. The van der Waals surface area contributed by atoms with Gasteiger partial charge in [-0.05, 0) is 36.1 Å². The molecule has 152 valence electrons. The van der Waals surface area contributed by atoms with E-state index in [0.717, 1.165) is 15.1 Å². The molecule has 0 spiro atoms. The van der Waals surface area contributed by atoms with Crippen LogP contribution in [0.5, 0.6) is 5.75 Å². The second kappa shape index (κ2) is 7.11. The molecule has 4 rings (SSSR count). The average Bonchev–Trinajstić information content (AvgIpc) is 3.32. The Morgan fingerprint density at radius 3 is 2.83 bits per heavy atom. The summed E-state index contributed by atoms with van der Waals surface area (Å²) >= 11 is 1.37. The first-order valence-corrected chi connectivity index (χ1v) is 9.67. The molecule has 3 aromatic rings. The van der Waals surface area contributed by atoms with E-state index >= 15 is 0 Å². The van der Waals surface area contributed by atoms with E-state index < -0.39 is 24.2 Å². The van der Waals surface area contributed by atoms with Crippen molar-refractivity contribution in [3.05, 3.63) is 57.9 Å². The number of rotatable bonds is 3. The van der Waals surface area contributed by atoms with Crippen LogP contribution in [0.15, 0.2) is 41.8 Å². The van der Waals surface area contributed by atoms with Gasteiger partial charge >= 0.3 is 6.18 Å². The number of hydrogen-bond acceptors (Lipinski definition) is 5. The molecule has 1 aliphatic heterocycles.